The van der Waals surface area contributed by atoms with Crippen LogP contribution in [0.2, 0.25) is 0 Å². The highest BCUT2D eigenvalue weighted by Gasteiger charge is 2.14. The maximum atomic E-state index is 13.1. The number of aryl methyl sites for hydroxylation is 1. The van der Waals surface area contributed by atoms with E-state index in [9.17, 15) is 9.18 Å². The Morgan fingerprint density at radius 2 is 2.26 bits per heavy atom. The molecular weight excluding hydrogens is 321 g/mol. The number of carbonyl (C=O) groups is 1. The predicted molar refractivity (Wildman–Crippen MR) is 83.2 cm³/mol. The molecule has 23 heavy (non-hydrogen) atoms. The van der Waals surface area contributed by atoms with Gasteiger partial charge in [0.2, 0.25) is 5.91 Å². The summed E-state index contributed by atoms with van der Waals surface area (Å²) in [6.07, 6.45) is 0.675. The summed E-state index contributed by atoms with van der Waals surface area (Å²) in [6, 6.07) is 6.17. The van der Waals surface area contributed by atoms with E-state index in [4.69, 9.17) is 5.73 Å². The van der Waals surface area contributed by atoms with Crippen molar-refractivity contribution < 1.29 is 13.8 Å². The van der Waals surface area contributed by atoms with Crippen LogP contribution in [-0.4, -0.2) is 21.2 Å². The van der Waals surface area contributed by atoms with E-state index in [1.165, 1.54) is 23.5 Å². The Bertz CT molecular complexity index is 832. The quantitative estimate of drug-likeness (QED) is 0.743. The van der Waals surface area contributed by atoms with Gasteiger partial charge in [-0.2, -0.15) is 0 Å². The first-order valence-electron chi connectivity index (χ1n) is 6.70. The van der Waals surface area contributed by atoms with Gasteiger partial charge in [-0.05, 0) is 34.4 Å². The predicted octanol–water partition coefficient (Wildman–Crippen LogP) is 2.49. The molecule has 3 aromatic rings. The lowest BCUT2D eigenvalue weighted by molar-refractivity contribution is -0.116. The first kappa shape index (κ1) is 15.1. The summed E-state index contributed by atoms with van der Waals surface area (Å²) in [7, 11) is 0. The minimum absolute atomic E-state index is 0.138. The monoisotopic (exact) mass is 333 g/mol. The third kappa shape index (κ3) is 3.69. The summed E-state index contributed by atoms with van der Waals surface area (Å²) in [5, 5.41) is 11.9. The number of benzene rings is 1. The molecule has 0 bridgehead atoms. The molecule has 7 nitrogen and oxygen atoms in total. The smallest absolute Gasteiger partial charge is 0.226 e. The Balaban J connectivity index is 1.58. The van der Waals surface area contributed by atoms with E-state index in [0.29, 0.717) is 22.9 Å². The van der Waals surface area contributed by atoms with Crippen molar-refractivity contribution in [3.63, 3.8) is 0 Å². The fourth-order valence-electron chi connectivity index (χ4n) is 1.95. The van der Waals surface area contributed by atoms with Gasteiger partial charge in [-0.3, -0.25) is 4.79 Å². The van der Waals surface area contributed by atoms with Gasteiger partial charge in [-0.15, -0.1) is 11.3 Å². The van der Waals surface area contributed by atoms with E-state index in [2.05, 4.69) is 25.2 Å². The molecule has 0 aliphatic rings. The van der Waals surface area contributed by atoms with Gasteiger partial charge in [0.25, 0.3) is 0 Å². The number of nitrogens with zero attached hydrogens (tertiary/aromatic N) is 3. The second-order valence-electron chi connectivity index (χ2n) is 4.71. The number of nitrogens with two attached hydrogens (primary N) is 1. The summed E-state index contributed by atoms with van der Waals surface area (Å²) in [5.41, 5.74) is 7.17. The van der Waals surface area contributed by atoms with Crippen LogP contribution in [0.5, 0.6) is 0 Å². The number of aromatic nitrogens is 3. The zero-order chi connectivity index (χ0) is 16.2. The SMILES string of the molecule is Nc1nonc1-c1csc(NC(=O)CCc2cccc(F)c2)n1. The van der Waals surface area contributed by atoms with E-state index in [1.54, 1.807) is 17.5 Å². The minimum atomic E-state index is -0.314. The molecule has 0 spiro atoms. The number of halogens is 1. The topological polar surface area (TPSA) is 107 Å². The lowest BCUT2D eigenvalue weighted by Gasteiger charge is -2.02. The molecule has 3 rings (SSSR count). The summed E-state index contributed by atoms with van der Waals surface area (Å²) < 4.78 is 17.6. The Morgan fingerprint density at radius 1 is 1.39 bits per heavy atom. The molecule has 0 radical (unpaired) electrons. The summed E-state index contributed by atoms with van der Waals surface area (Å²) in [5.74, 6) is -0.382. The van der Waals surface area contributed by atoms with Crippen molar-refractivity contribution in [2.45, 2.75) is 12.8 Å². The van der Waals surface area contributed by atoms with Crippen LogP contribution in [0.4, 0.5) is 15.3 Å². The summed E-state index contributed by atoms with van der Waals surface area (Å²) in [4.78, 5) is 16.1. The second kappa shape index (κ2) is 6.53. The number of amides is 1. The second-order valence-corrected chi connectivity index (χ2v) is 5.57. The standard InChI is InChI=1S/C14H12FN5O2S/c15-9-3-1-2-8(6-9)4-5-11(21)18-14-17-10(7-23-14)12-13(16)20-22-19-12/h1-3,6-7H,4-5H2,(H2,16,20)(H,17,18,21). The number of nitrogen functional groups attached to an aromatic ring is 1. The van der Waals surface area contributed by atoms with E-state index in [-0.39, 0.29) is 24.0 Å². The minimum Gasteiger partial charge on any atom is -0.379 e. The van der Waals surface area contributed by atoms with Crippen molar-refractivity contribution >= 4 is 28.2 Å². The molecular formula is C14H12FN5O2S. The molecule has 9 heteroatoms. The lowest BCUT2D eigenvalue weighted by atomic mass is 10.1. The molecule has 1 aromatic carbocycles. The fraction of sp³-hybridized carbons (Fsp3) is 0.143. The Hall–Kier alpha value is -2.81. The molecule has 2 aromatic heterocycles. The number of rotatable bonds is 5. The Morgan fingerprint density at radius 3 is 3.00 bits per heavy atom. The van der Waals surface area contributed by atoms with Crippen LogP contribution in [0.3, 0.4) is 0 Å². The van der Waals surface area contributed by atoms with Gasteiger partial charge < -0.3 is 11.1 Å². The zero-order valence-corrected chi connectivity index (χ0v) is 12.6. The molecule has 118 valence electrons. The highest BCUT2D eigenvalue weighted by Crippen LogP contribution is 2.26. The molecule has 0 aliphatic heterocycles. The molecule has 1 amide bonds. The van der Waals surface area contributed by atoms with Gasteiger partial charge in [0, 0.05) is 11.8 Å². The molecule has 0 saturated heterocycles. The van der Waals surface area contributed by atoms with Crippen molar-refractivity contribution in [2.75, 3.05) is 11.1 Å². The van der Waals surface area contributed by atoms with Gasteiger partial charge >= 0.3 is 0 Å². The van der Waals surface area contributed by atoms with Gasteiger partial charge in [-0.1, -0.05) is 12.1 Å². The van der Waals surface area contributed by atoms with Crippen molar-refractivity contribution in [3.05, 3.63) is 41.0 Å². The molecule has 3 N–H and O–H groups in total. The largest absolute Gasteiger partial charge is 0.379 e. The average Bonchev–Trinajstić information content (AvgIpc) is 3.14. The number of thiazole rings is 1. The molecule has 0 saturated carbocycles. The number of carbonyl (C=O) groups excluding carboxylic acids is 1. The van der Waals surface area contributed by atoms with Crippen LogP contribution in [0.15, 0.2) is 34.3 Å². The number of hydrogen-bond donors (Lipinski definition) is 2. The normalized spacial score (nSPS) is 10.7. The number of anilines is 2. The van der Waals surface area contributed by atoms with Crippen LogP contribution in [-0.2, 0) is 11.2 Å². The van der Waals surface area contributed by atoms with E-state index in [1.807, 2.05) is 0 Å². The molecule has 0 aliphatic carbocycles. The molecule has 2 heterocycles. The van der Waals surface area contributed by atoms with Crippen molar-refractivity contribution in [3.8, 4) is 11.4 Å². The highest BCUT2D eigenvalue weighted by atomic mass is 32.1. The first-order valence-corrected chi connectivity index (χ1v) is 7.58. The van der Waals surface area contributed by atoms with Crippen molar-refractivity contribution in [1.29, 1.82) is 0 Å². The summed E-state index contributed by atoms with van der Waals surface area (Å²) >= 11 is 1.24. The van der Waals surface area contributed by atoms with E-state index >= 15 is 0 Å². The van der Waals surface area contributed by atoms with Crippen LogP contribution >= 0.6 is 11.3 Å². The third-order valence-electron chi connectivity index (χ3n) is 3.04. The zero-order valence-electron chi connectivity index (χ0n) is 11.8. The lowest BCUT2D eigenvalue weighted by Crippen LogP contribution is -2.12. The molecule has 0 fully saturated rings. The average molecular weight is 333 g/mol. The summed E-state index contributed by atoms with van der Waals surface area (Å²) in [6.45, 7) is 0. The van der Waals surface area contributed by atoms with Crippen LogP contribution in [0.25, 0.3) is 11.4 Å². The molecule has 0 atom stereocenters. The van der Waals surface area contributed by atoms with Gasteiger partial charge in [-0.25, -0.2) is 14.0 Å². The van der Waals surface area contributed by atoms with Crippen molar-refractivity contribution in [1.82, 2.24) is 15.3 Å². The van der Waals surface area contributed by atoms with Crippen LogP contribution < -0.4 is 11.1 Å². The van der Waals surface area contributed by atoms with Crippen LogP contribution in [0, 0.1) is 5.82 Å². The molecule has 0 unspecified atom stereocenters. The van der Waals surface area contributed by atoms with Gasteiger partial charge in [0.1, 0.15) is 11.5 Å². The Kier molecular flexibility index (Phi) is 4.29. The maximum absolute atomic E-state index is 13.1. The van der Waals surface area contributed by atoms with E-state index in [0.717, 1.165) is 5.56 Å². The van der Waals surface area contributed by atoms with E-state index < -0.39 is 0 Å². The Labute approximate surface area is 134 Å². The maximum Gasteiger partial charge on any atom is 0.226 e. The number of hydrogen-bond acceptors (Lipinski definition) is 7. The highest BCUT2D eigenvalue weighted by molar-refractivity contribution is 7.14. The fourth-order valence-corrected chi connectivity index (χ4v) is 2.66. The first-order chi connectivity index (χ1) is 11.1. The van der Waals surface area contributed by atoms with Gasteiger partial charge in [0.15, 0.2) is 16.6 Å². The third-order valence-corrected chi connectivity index (χ3v) is 3.79. The van der Waals surface area contributed by atoms with Gasteiger partial charge in [0.05, 0.1) is 0 Å². The van der Waals surface area contributed by atoms with Crippen molar-refractivity contribution in [2.24, 2.45) is 0 Å². The number of nitrogens with one attached hydrogen (secondary N) is 1. The van der Waals surface area contributed by atoms with Crippen LogP contribution in [0.1, 0.15) is 12.0 Å².